The van der Waals surface area contributed by atoms with Gasteiger partial charge in [0.05, 0.1) is 16.6 Å². The molecule has 0 aliphatic carbocycles. The predicted molar refractivity (Wildman–Crippen MR) is 64.4 cm³/mol. The lowest BCUT2D eigenvalue weighted by atomic mass is 10.2. The fraction of sp³-hybridized carbons (Fsp3) is 0.200. The molecule has 16 heavy (non-hydrogen) atoms. The minimum absolute atomic E-state index is 0.352. The van der Waals surface area contributed by atoms with Crippen LogP contribution in [0.15, 0.2) is 18.2 Å². The molecule has 2 rings (SSSR count). The van der Waals surface area contributed by atoms with E-state index < -0.39 is 0 Å². The summed E-state index contributed by atoms with van der Waals surface area (Å²) >= 11 is 11.8. The molecular weight excluding hydrogens is 247 g/mol. The highest BCUT2D eigenvalue weighted by Gasteiger charge is 2.10. The minimum atomic E-state index is 0.352. The van der Waals surface area contributed by atoms with E-state index in [1.54, 1.807) is 12.1 Å². The molecule has 0 aliphatic rings. The highest BCUT2D eigenvalue weighted by molar-refractivity contribution is 6.42. The molecule has 1 aromatic heterocycles. The second-order valence-corrected chi connectivity index (χ2v) is 4.15. The molecule has 2 N–H and O–H groups in total. The zero-order valence-electron chi connectivity index (χ0n) is 8.61. The second-order valence-electron chi connectivity index (χ2n) is 3.33. The third-order valence-electron chi connectivity index (χ3n) is 2.33. The zero-order chi connectivity index (χ0) is 11.7. The van der Waals surface area contributed by atoms with E-state index in [9.17, 15) is 0 Å². The summed E-state index contributed by atoms with van der Waals surface area (Å²) in [4.78, 5) is 0. The largest absolute Gasteiger partial charge is 0.324 e. The maximum atomic E-state index is 5.94. The van der Waals surface area contributed by atoms with Crippen molar-refractivity contribution in [2.75, 3.05) is 0 Å². The Morgan fingerprint density at radius 3 is 2.56 bits per heavy atom. The lowest BCUT2D eigenvalue weighted by molar-refractivity contribution is 0.797. The first-order chi connectivity index (χ1) is 7.63. The first kappa shape index (κ1) is 11.4. The molecule has 0 bridgehead atoms. The maximum Gasteiger partial charge on any atom is 0.163 e. The Bertz CT molecular complexity index is 522. The summed E-state index contributed by atoms with van der Waals surface area (Å²) in [5.41, 5.74) is 6.39. The van der Waals surface area contributed by atoms with Gasteiger partial charge in [0.2, 0.25) is 0 Å². The molecule has 84 valence electrons. The first-order valence-corrected chi connectivity index (χ1v) is 5.43. The summed E-state index contributed by atoms with van der Waals surface area (Å²) < 4.78 is 1.83. The van der Waals surface area contributed by atoms with E-state index in [1.807, 2.05) is 17.7 Å². The van der Waals surface area contributed by atoms with Gasteiger partial charge in [-0.25, -0.2) is 0 Å². The average molecular weight is 257 g/mol. The molecule has 4 nitrogen and oxygen atoms in total. The van der Waals surface area contributed by atoms with Crippen LogP contribution < -0.4 is 5.73 Å². The molecule has 0 amide bonds. The lowest BCUT2D eigenvalue weighted by Gasteiger charge is -2.03. The van der Waals surface area contributed by atoms with Gasteiger partial charge in [-0.15, -0.1) is 10.2 Å². The fourth-order valence-electron chi connectivity index (χ4n) is 1.43. The molecule has 0 saturated heterocycles. The van der Waals surface area contributed by atoms with Gasteiger partial charge in [0.1, 0.15) is 5.82 Å². The van der Waals surface area contributed by atoms with Crippen LogP contribution in [0.5, 0.6) is 0 Å². The van der Waals surface area contributed by atoms with Crippen molar-refractivity contribution < 1.29 is 0 Å². The molecule has 1 heterocycles. The van der Waals surface area contributed by atoms with Crippen molar-refractivity contribution in [3.8, 4) is 11.4 Å². The lowest BCUT2D eigenvalue weighted by Crippen LogP contribution is -2.05. The van der Waals surface area contributed by atoms with Crippen molar-refractivity contribution in [3.63, 3.8) is 0 Å². The summed E-state index contributed by atoms with van der Waals surface area (Å²) in [7, 11) is 1.86. The van der Waals surface area contributed by atoms with E-state index in [0.717, 1.165) is 17.2 Å². The van der Waals surface area contributed by atoms with Crippen LogP contribution in [0.4, 0.5) is 0 Å². The van der Waals surface area contributed by atoms with Crippen molar-refractivity contribution in [3.05, 3.63) is 34.1 Å². The van der Waals surface area contributed by atoms with Gasteiger partial charge in [-0.2, -0.15) is 0 Å². The standard InChI is InChI=1S/C10H10Cl2N4/c1-16-9(5-13)14-15-10(16)6-2-3-7(11)8(12)4-6/h2-4H,5,13H2,1H3. The molecule has 2 aromatic rings. The van der Waals surface area contributed by atoms with Gasteiger partial charge < -0.3 is 10.3 Å². The third-order valence-corrected chi connectivity index (χ3v) is 3.06. The van der Waals surface area contributed by atoms with E-state index in [1.165, 1.54) is 0 Å². The molecule has 0 spiro atoms. The highest BCUT2D eigenvalue weighted by Crippen LogP contribution is 2.27. The molecule has 0 fully saturated rings. The Labute approximate surface area is 103 Å². The number of hydrogen-bond donors (Lipinski definition) is 1. The van der Waals surface area contributed by atoms with Crippen molar-refractivity contribution in [1.29, 1.82) is 0 Å². The monoisotopic (exact) mass is 256 g/mol. The number of rotatable bonds is 2. The Hall–Kier alpha value is -1.10. The van der Waals surface area contributed by atoms with E-state index >= 15 is 0 Å². The van der Waals surface area contributed by atoms with Gasteiger partial charge in [-0.3, -0.25) is 0 Å². The van der Waals surface area contributed by atoms with E-state index in [2.05, 4.69) is 10.2 Å². The van der Waals surface area contributed by atoms with E-state index in [-0.39, 0.29) is 0 Å². The van der Waals surface area contributed by atoms with Crippen molar-refractivity contribution in [2.24, 2.45) is 12.8 Å². The summed E-state index contributed by atoms with van der Waals surface area (Å²) in [6, 6.07) is 5.34. The molecule has 0 saturated carbocycles. The maximum absolute atomic E-state index is 5.94. The number of aromatic nitrogens is 3. The van der Waals surface area contributed by atoms with Crippen LogP contribution in [0, 0.1) is 0 Å². The van der Waals surface area contributed by atoms with E-state index in [0.29, 0.717) is 16.6 Å². The van der Waals surface area contributed by atoms with Gasteiger partial charge in [-0.05, 0) is 18.2 Å². The minimum Gasteiger partial charge on any atom is -0.324 e. The molecular formula is C10H10Cl2N4. The number of hydrogen-bond acceptors (Lipinski definition) is 3. The number of nitrogens with two attached hydrogens (primary N) is 1. The quantitative estimate of drug-likeness (QED) is 0.897. The van der Waals surface area contributed by atoms with Gasteiger partial charge >= 0.3 is 0 Å². The molecule has 0 radical (unpaired) electrons. The van der Waals surface area contributed by atoms with Crippen LogP contribution in [0.2, 0.25) is 10.0 Å². The Morgan fingerprint density at radius 1 is 1.25 bits per heavy atom. The van der Waals surface area contributed by atoms with Gasteiger partial charge in [-0.1, -0.05) is 23.2 Å². The summed E-state index contributed by atoms with van der Waals surface area (Å²) in [5.74, 6) is 1.44. The Morgan fingerprint density at radius 2 is 2.00 bits per heavy atom. The van der Waals surface area contributed by atoms with Crippen LogP contribution in [-0.2, 0) is 13.6 Å². The van der Waals surface area contributed by atoms with Crippen LogP contribution in [0.3, 0.4) is 0 Å². The van der Waals surface area contributed by atoms with Crippen LogP contribution in [0.25, 0.3) is 11.4 Å². The highest BCUT2D eigenvalue weighted by atomic mass is 35.5. The SMILES string of the molecule is Cn1c(CN)nnc1-c1ccc(Cl)c(Cl)c1. The smallest absolute Gasteiger partial charge is 0.163 e. The Balaban J connectivity index is 2.50. The molecule has 0 aliphatic heterocycles. The van der Waals surface area contributed by atoms with Crippen LogP contribution in [-0.4, -0.2) is 14.8 Å². The molecule has 1 aromatic carbocycles. The van der Waals surface area contributed by atoms with E-state index in [4.69, 9.17) is 28.9 Å². The van der Waals surface area contributed by atoms with Gasteiger partial charge in [0.15, 0.2) is 5.82 Å². The number of benzene rings is 1. The summed E-state index contributed by atoms with van der Waals surface area (Å²) in [6.45, 7) is 0.352. The molecule has 0 unspecified atom stereocenters. The topological polar surface area (TPSA) is 56.7 Å². The number of nitrogens with zero attached hydrogens (tertiary/aromatic N) is 3. The molecule has 0 atom stereocenters. The summed E-state index contributed by atoms with van der Waals surface area (Å²) in [5, 5.41) is 9.05. The predicted octanol–water partition coefficient (Wildman–Crippen LogP) is 2.25. The van der Waals surface area contributed by atoms with Crippen molar-refractivity contribution in [2.45, 2.75) is 6.54 Å². The van der Waals surface area contributed by atoms with Gasteiger partial charge in [0.25, 0.3) is 0 Å². The summed E-state index contributed by atoms with van der Waals surface area (Å²) in [6.07, 6.45) is 0. The molecule has 6 heteroatoms. The fourth-order valence-corrected chi connectivity index (χ4v) is 1.72. The second kappa shape index (κ2) is 4.41. The van der Waals surface area contributed by atoms with Crippen LogP contribution in [0.1, 0.15) is 5.82 Å². The Kier molecular flexibility index (Phi) is 3.14. The van der Waals surface area contributed by atoms with Crippen molar-refractivity contribution >= 4 is 23.2 Å². The first-order valence-electron chi connectivity index (χ1n) is 4.67. The normalized spacial score (nSPS) is 10.8. The number of halogens is 2. The zero-order valence-corrected chi connectivity index (χ0v) is 10.1. The van der Waals surface area contributed by atoms with Gasteiger partial charge in [0, 0.05) is 12.6 Å². The van der Waals surface area contributed by atoms with Crippen LogP contribution >= 0.6 is 23.2 Å². The van der Waals surface area contributed by atoms with Crippen molar-refractivity contribution in [1.82, 2.24) is 14.8 Å². The third kappa shape index (κ3) is 1.91. The average Bonchev–Trinajstić information content (AvgIpc) is 2.64.